The van der Waals surface area contributed by atoms with Gasteiger partial charge in [0.25, 0.3) is 0 Å². The third kappa shape index (κ3) is 2.31. The second-order valence-electron chi connectivity index (χ2n) is 4.15. The fraction of sp³-hybridized carbons (Fsp3) is 0.154. The van der Waals surface area contributed by atoms with Crippen molar-refractivity contribution in [2.24, 2.45) is 0 Å². The van der Waals surface area contributed by atoms with E-state index in [1.807, 2.05) is 19.9 Å². The van der Waals surface area contributed by atoms with Crippen molar-refractivity contribution in [1.82, 2.24) is 15.0 Å². The molecule has 0 radical (unpaired) electrons. The van der Waals surface area contributed by atoms with Gasteiger partial charge in [0.2, 0.25) is 0 Å². The Bertz CT molecular complexity index is 783. The Hall–Kier alpha value is -1.23. The Morgan fingerprint density at radius 3 is 2.53 bits per heavy atom. The SMILES string of the molecule is Cc1nc(C)c(-c2nc(Cl)c3cc(Cl)ccc3n2)s1. The Kier molecular flexibility index (Phi) is 3.17. The summed E-state index contributed by atoms with van der Waals surface area (Å²) in [7, 11) is 0. The molecule has 96 valence electrons. The van der Waals surface area contributed by atoms with Crippen LogP contribution in [0, 0.1) is 13.8 Å². The molecular weight excluding hydrogens is 301 g/mol. The molecule has 0 N–H and O–H groups in total. The molecule has 0 aliphatic heterocycles. The summed E-state index contributed by atoms with van der Waals surface area (Å²) in [6.07, 6.45) is 0. The quantitative estimate of drug-likeness (QED) is 0.613. The fourth-order valence-corrected chi connectivity index (χ4v) is 3.16. The Balaban J connectivity index is 2.26. The van der Waals surface area contributed by atoms with Crippen molar-refractivity contribution in [1.29, 1.82) is 0 Å². The topological polar surface area (TPSA) is 38.7 Å². The highest BCUT2D eigenvalue weighted by molar-refractivity contribution is 7.15. The zero-order chi connectivity index (χ0) is 13.6. The molecule has 0 aliphatic rings. The molecule has 0 fully saturated rings. The predicted octanol–water partition coefficient (Wildman–Crippen LogP) is 4.68. The molecule has 2 aromatic heterocycles. The Labute approximate surface area is 124 Å². The standard InChI is InChI=1S/C13H9Cl2N3S/c1-6-11(19-7(2)16-6)13-17-10-4-3-8(14)5-9(10)12(15)18-13/h3-5H,1-2H3. The lowest BCUT2D eigenvalue weighted by atomic mass is 10.2. The Morgan fingerprint density at radius 1 is 1.05 bits per heavy atom. The molecule has 2 heterocycles. The van der Waals surface area contributed by atoms with Gasteiger partial charge in [0, 0.05) is 10.4 Å². The van der Waals surface area contributed by atoms with E-state index in [-0.39, 0.29) is 0 Å². The molecule has 0 atom stereocenters. The van der Waals surface area contributed by atoms with E-state index in [1.54, 1.807) is 23.5 Å². The number of thiazole rings is 1. The third-order valence-electron chi connectivity index (χ3n) is 2.72. The van der Waals surface area contributed by atoms with Gasteiger partial charge in [-0.15, -0.1) is 11.3 Å². The van der Waals surface area contributed by atoms with E-state index in [2.05, 4.69) is 15.0 Å². The van der Waals surface area contributed by atoms with Gasteiger partial charge in [-0.2, -0.15) is 0 Å². The molecule has 1 aromatic carbocycles. The summed E-state index contributed by atoms with van der Waals surface area (Å²) >= 11 is 13.7. The first kappa shape index (κ1) is 12.8. The monoisotopic (exact) mass is 309 g/mol. The van der Waals surface area contributed by atoms with Gasteiger partial charge < -0.3 is 0 Å². The van der Waals surface area contributed by atoms with Crippen molar-refractivity contribution in [3.63, 3.8) is 0 Å². The molecule has 0 unspecified atom stereocenters. The van der Waals surface area contributed by atoms with Gasteiger partial charge in [-0.3, -0.25) is 0 Å². The van der Waals surface area contributed by atoms with E-state index < -0.39 is 0 Å². The molecule has 19 heavy (non-hydrogen) atoms. The van der Waals surface area contributed by atoms with Gasteiger partial charge in [0.15, 0.2) is 5.82 Å². The van der Waals surface area contributed by atoms with Crippen LogP contribution in [0.4, 0.5) is 0 Å². The van der Waals surface area contributed by atoms with Gasteiger partial charge in [-0.05, 0) is 32.0 Å². The molecule has 0 bridgehead atoms. The predicted molar refractivity (Wildman–Crippen MR) is 80.1 cm³/mol. The molecule has 0 amide bonds. The average molecular weight is 310 g/mol. The van der Waals surface area contributed by atoms with Gasteiger partial charge in [-0.25, -0.2) is 15.0 Å². The van der Waals surface area contributed by atoms with Crippen molar-refractivity contribution >= 4 is 45.4 Å². The minimum atomic E-state index is 0.410. The zero-order valence-corrected chi connectivity index (χ0v) is 12.6. The van der Waals surface area contributed by atoms with Crippen LogP contribution < -0.4 is 0 Å². The highest BCUT2D eigenvalue weighted by Gasteiger charge is 2.13. The van der Waals surface area contributed by atoms with Crippen molar-refractivity contribution in [3.8, 4) is 10.7 Å². The van der Waals surface area contributed by atoms with Crippen molar-refractivity contribution in [2.45, 2.75) is 13.8 Å². The lowest BCUT2D eigenvalue weighted by Crippen LogP contribution is -1.91. The summed E-state index contributed by atoms with van der Waals surface area (Å²) in [6, 6.07) is 5.41. The van der Waals surface area contributed by atoms with Crippen LogP contribution in [0.3, 0.4) is 0 Å². The lowest BCUT2D eigenvalue weighted by Gasteiger charge is -2.03. The number of hydrogen-bond acceptors (Lipinski definition) is 4. The first-order chi connectivity index (χ1) is 9.04. The van der Waals surface area contributed by atoms with Crippen LogP contribution in [0.5, 0.6) is 0 Å². The number of rotatable bonds is 1. The largest absolute Gasteiger partial charge is 0.246 e. The molecule has 0 saturated carbocycles. The minimum Gasteiger partial charge on any atom is -0.246 e. The number of nitrogens with zero attached hydrogens (tertiary/aromatic N) is 3. The Morgan fingerprint density at radius 2 is 1.84 bits per heavy atom. The lowest BCUT2D eigenvalue weighted by molar-refractivity contribution is 1.17. The number of hydrogen-bond donors (Lipinski definition) is 0. The maximum Gasteiger partial charge on any atom is 0.173 e. The van der Waals surface area contributed by atoms with Crippen molar-refractivity contribution < 1.29 is 0 Å². The molecule has 0 aliphatic carbocycles. The molecular formula is C13H9Cl2N3S. The van der Waals surface area contributed by atoms with E-state index in [0.717, 1.165) is 26.5 Å². The normalized spacial score (nSPS) is 11.2. The molecule has 0 spiro atoms. The van der Waals surface area contributed by atoms with E-state index in [9.17, 15) is 0 Å². The summed E-state index contributed by atoms with van der Waals surface area (Å²) in [4.78, 5) is 14.2. The van der Waals surface area contributed by atoms with Crippen LogP contribution >= 0.6 is 34.5 Å². The smallest absolute Gasteiger partial charge is 0.173 e. The number of fused-ring (bicyclic) bond motifs is 1. The summed E-state index contributed by atoms with van der Waals surface area (Å²) < 4.78 is 0. The van der Waals surface area contributed by atoms with Crippen LogP contribution in [0.1, 0.15) is 10.7 Å². The second-order valence-corrected chi connectivity index (χ2v) is 6.14. The summed E-state index contributed by atoms with van der Waals surface area (Å²) in [5.41, 5.74) is 1.71. The first-order valence-electron chi connectivity index (χ1n) is 5.62. The highest BCUT2D eigenvalue weighted by Crippen LogP contribution is 2.31. The first-order valence-corrected chi connectivity index (χ1v) is 7.19. The maximum absolute atomic E-state index is 6.22. The van der Waals surface area contributed by atoms with Crippen molar-refractivity contribution in [2.75, 3.05) is 0 Å². The molecule has 3 nitrogen and oxygen atoms in total. The van der Waals surface area contributed by atoms with Crippen LogP contribution in [0.2, 0.25) is 10.2 Å². The van der Waals surface area contributed by atoms with Crippen LogP contribution in [0.25, 0.3) is 21.6 Å². The van der Waals surface area contributed by atoms with Crippen LogP contribution in [0.15, 0.2) is 18.2 Å². The van der Waals surface area contributed by atoms with Crippen molar-refractivity contribution in [3.05, 3.63) is 39.1 Å². The number of halogens is 2. The zero-order valence-electron chi connectivity index (χ0n) is 10.2. The van der Waals surface area contributed by atoms with Crippen LogP contribution in [-0.4, -0.2) is 15.0 Å². The van der Waals surface area contributed by atoms with E-state index >= 15 is 0 Å². The van der Waals surface area contributed by atoms with Crippen LogP contribution in [-0.2, 0) is 0 Å². The number of aromatic nitrogens is 3. The minimum absolute atomic E-state index is 0.410. The highest BCUT2D eigenvalue weighted by atomic mass is 35.5. The summed E-state index contributed by atoms with van der Waals surface area (Å²) in [5.74, 6) is 0.614. The average Bonchev–Trinajstić information content (AvgIpc) is 2.69. The molecule has 6 heteroatoms. The number of benzene rings is 1. The maximum atomic E-state index is 6.22. The van der Waals surface area contributed by atoms with Gasteiger partial charge in [0.05, 0.1) is 21.1 Å². The van der Waals surface area contributed by atoms with E-state index in [0.29, 0.717) is 16.0 Å². The number of aryl methyl sites for hydroxylation is 2. The van der Waals surface area contributed by atoms with Gasteiger partial charge >= 0.3 is 0 Å². The third-order valence-corrected chi connectivity index (χ3v) is 4.31. The second kappa shape index (κ2) is 4.71. The van der Waals surface area contributed by atoms with E-state index in [1.165, 1.54) is 0 Å². The van der Waals surface area contributed by atoms with E-state index in [4.69, 9.17) is 23.2 Å². The summed E-state index contributed by atoms with van der Waals surface area (Å²) in [5, 5.41) is 2.78. The fourth-order valence-electron chi connectivity index (χ4n) is 1.90. The molecule has 0 saturated heterocycles. The summed E-state index contributed by atoms with van der Waals surface area (Å²) in [6.45, 7) is 3.91. The van der Waals surface area contributed by atoms with Gasteiger partial charge in [0.1, 0.15) is 5.15 Å². The molecule has 3 rings (SSSR count). The van der Waals surface area contributed by atoms with Gasteiger partial charge in [-0.1, -0.05) is 23.2 Å². The molecule has 3 aromatic rings.